The molecule has 0 spiro atoms. The summed E-state index contributed by atoms with van der Waals surface area (Å²) < 4.78 is 1.70. The second kappa shape index (κ2) is 7.96. The van der Waals surface area contributed by atoms with Crippen LogP contribution in [0.5, 0.6) is 0 Å². The summed E-state index contributed by atoms with van der Waals surface area (Å²) in [6.07, 6.45) is 5.08. The number of carbonyl (C=O) groups is 2. The smallest absolute Gasteiger partial charge is 0.269 e. The predicted octanol–water partition coefficient (Wildman–Crippen LogP) is 3.69. The Morgan fingerprint density at radius 3 is 2.50 bits per heavy atom. The maximum absolute atomic E-state index is 13.0. The average molecular weight is 420 g/mol. The molecule has 150 valence electrons. The Labute approximate surface area is 177 Å². The van der Waals surface area contributed by atoms with E-state index < -0.39 is 0 Å². The third-order valence-electron chi connectivity index (χ3n) is 4.82. The Balaban J connectivity index is 1.68. The molecule has 0 bridgehead atoms. The summed E-state index contributed by atoms with van der Waals surface area (Å²) >= 11 is 5.94. The molecule has 3 heterocycles. The third kappa shape index (κ3) is 3.62. The van der Waals surface area contributed by atoms with Crippen molar-refractivity contribution in [1.29, 1.82) is 0 Å². The summed E-state index contributed by atoms with van der Waals surface area (Å²) in [6, 6.07) is 14.1. The van der Waals surface area contributed by atoms with Gasteiger partial charge in [0.2, 0.25) is 0 Å². The topological polar surface area (TPSA) is 79.6 Å². The SMILES string of the molecule is CNC(=O)c1ccc(-c2cnn3ccc(C(=O)N(C)c4ccc(Cl)cc4)cc23)cn1. The van der Waals surface area contributed by atoms with Gasteiger partial charge in [0, 0.05) is 53.9 Å². The van der Waals surface area contributed by atoms with Crippen LogP contribution in [-0.4, -0.2) is 40.5 Å². The van der Waals surface area contributed by atoms with Crippen molar-refractivity contribution < 1.29 is 9.59 Å². The lowest BCUT2D eigenvalue weighted by Crippen LogP contribution is -2.26. The standard InChI is InChI=1S/C22H18ClN5O2/c1-24-21(29)19-8-3-15(12-25-19)18-13-26-28-10-9-14(11-20(18)28)22(30)27(2)17-6-4-16(23)5-7-17/h3-13H,1-2H3,(H,24,29). The van der Waals surface area contributed by atoms with Gasteiger partial charge in [0.25, 0.3) is 11.8 Å². The van der Waals surface area contributed by atoms with Gasteiger partial charge in [-0.05, 0) is 42.5 Å². The number of pyridine rings is 2. The summed E-state index contributed by atoms with van der Waals surface area (Å²) in [7, 11) is 3.28. The van der Waals surface area contributed by atoms with Gasteiger partial charge in [-0.1, -0.05) is 17.7 Å². The van der Waals surface area contributed by atoms with Crippen molar-refractivity contribution in [2.24, 2.45) is 0 Å². The number of amides is 2. The zero-order chi connectivity index (χ0) is 21.3. The molecule has 0 saturated heterocycles. The Morgan fingerprint density at radius 1 is 1.07 bits per heavy atom. The first kappa shape index (κ1) is 19.6. The minimum atomic E-state index is -0.250. The number of rotatable bonds is 4. The van der Waals surface area contributed by atoms with Crippen molar-refractivity contribution in [2.75, 3.05) is 19.0 Å². The second-order valence-electron chi connectivity index (χ2n) is 6.66. The number of halogens is 1. The van der Waals surface area contributed by atoms with E-state index in [0.29, 0.717) is 16.3 Å². The van der Waals surface area contributed by atoms with Gasteiger partial charge in [-0.15, -0.1) is 0 Å². The first-order valence-electron chi connectivity index (χ1n) is 9.17. The maximum atomic E-state index is 13.0. The number of nitrogens with one attached hydrogen (secondary N) is 1. The van der Waals surface area contributed by atoms with Crippen molar-refractivity contribution in [3.8, 4) is 11.1 Å². The van der Waals surface area contributed by atoms with Gasteiger partial charge in [-0.25, -0.2) is 4.52 Å². The molecule has 0 unspecified atom stereocenters. The molecule has 0 saturated carbocycles. The van der Waals surface area contributed by atoms with Gasteiger partial charge in [0.15, 0.2) is 0 Å². The second-order valence-corrected chi connectivity index (χ2v) is 7.09. The summed E-state index contributed by atoms with van der Waals surface area (Å²) in [6.45, 7) is 0. The fourth-order valence-corrected chi connectivity index (χ4v) is 3.25. The van der Waals surface area contributed by atoms with Crippen molar-refractivity contribution in [3.05, 3.63) is 83.4 Å². The van der Waals surface area contributed by atoms with Gasteiger partial charge in [-0.3, -0.25) is 14.6 Å². The molecule has 0 fully saturated rings. The van der Waals surface area contributed by atoms with Crippen LogP contribution in [0.1, 0.15) is 20.8 Å². The number of carbonyl (C=O) groups excluding carboxylic acids is 2. The summed E-state index contributed by atoms with van der Waals surface area (Å²) in [5.41, 5.74) is 3.98. The van der Waals surface area contributed by atoms with Gasteiger partial charge in [0.05, 0.1) is 11.7 Å². The summed E-state index contributed by atoms with van der Waals surface area (Å²) in [5, 5.41) is 7.51. The highest BCUT2D eigenvalue weighted by Gasteiger charge is 2.16. The highest BCUT2D eigenvalue weighted by atomic mass is 35.5. The molecule has 0 aliphatic heterocycles. The maximum Gasteiger partial charge on any atom is 0.269 e. The summed E-state index contributed by atoms with van der Waals surface area (Å²) in [5.74, 6) is -0.403. The molecule has 0 aliphatic carbocycles. The lowest BCUT2D eigenvalue weighted by Gasteiger charge is -2.17. The van der Waals surface area contributed by atoms with Crippen molar-refractivity contribution >= 4 is 34.6 Å². The quantitative estimate of drug-likeness (QED) is 0.547. The average Bonchev–Trinajstić information content (AvgIpc) is 3.21. The number of aromatic nitrogens is 3. The normalized spacial score (nSPS) is 10.8. The number of benzene rings is 1. The molecule has 4 aromatic rings. The first-order chi connectivity index (χ1) is 14.5. The molecule has 8 heteroatoms. The molecular weight excluding hydrogens is 402 g/mol. The molecule has 1 N–H and O–H groups in total. The Bertz CT molecular complexity index is 1230. The fraction of sp³-hybridized carbons (Fsp3) is 0.0909. The summed E-state index contributed by atoms with van der Waals surface area (Å²) in [4.78, 5) is 30.5. The molecular formula is C22H18ClN5O2. The van der Waals surface area contributed by atoms with Crippen molar-refractivity contribution in [2.45, 2.75) is 0 Å². The number of hydrogen-bond donors (Lipinski definition) is 1. The molecule has 0 radical (unpaired) electrons. The van der Waals surface area contributed by atoms with Crippen LogP contribution in [0, 0.1) is 0 Å². The van der Waals surface area contributed by atoms with Crippen molar-refractivity contribution in [1.82, 2.24) is 19.9 Å². The third-order valence-corrected chi connectivity index (χ3v) is 5.07. The van der Waals surface area contributed by atoms with E-state index in [1.54, 1.807) is 84.6 Å². The Morgan fingerprint density at radius 2 is 1.83 bits per heavy atom. The zero-order valence-electron chi connectivity index (χ0n) is 16.3. The van der Waals surface area contributed by atoms with Crippen LogP contribution in [0.2, 0.25) is 5.02 Å². The number of nitrogens with zero attached hydrogens (tertiary/aromatic N) is 4. The monoisotopic (exact) mass is 419 g/mol. The number of hydrogen-bond acceptors (Lipinski definition) is 4. The van der Waals surface area contributed by atoms with E-state index >= 15 is 0 Å². The lowest BCUT2D eigenvalue weighted by atomic mass is 10.1. The molecule has 7 nitrogen and oxygen atoms in total. The van der Waals surface area contributed by atoms with E-state index in [4.69, 9.17) is 11.6 Å². The highest BCUT2D eigenvalue weighted by Crippen LogP contribution is 2.26. The molecule has 2 amide bonds. The van der Waals surface area contributed by atoms with Crippen LogP contribution < -0.4 is 10.2 Å². The minimum absolute atomic E-state index is 0.153. The van der Waals surface area contributed by atoms with Gasteiger partial charge in [0.1, 0.15) is 5.69 Å². The molecule has 3 aromatic heterocycles. The fourth-order valence-electron chi connectivity index (χ4n) is 3.13. The molecule has 4 rings (SSSR count). The molecule has 0 atom stereocenters. The Hall–Kier alpha value is -3.71. The van der Waals surface area contributed by atoms with Crippen LogP contribution in [0.4, 0.5) is 5.69 Å². The van der Waals surface area contributed by atoms with E-state index in [1.807, 2.05) is 6.07 Å². The van der Waals surface area contributed by atoms with E-state index in [-0.39, 0.29) is 11.8 Å². The molecule has 30 heavy (non-hydrogen) atoms. The molecule has 1 aromatic carbocycles. The first-order valence-corrected chi connectivity index (χ1v) is 9.55. The van der Waals surface area contributed by atoms with Crippen LogP contribution in [0.3, 0.4) is 0 Å². The number of anilines is 1. The van der Waals surface area contributed by atoms with Crippen LogP contribution >= 0.6 is 11.6 Å². The minimum Gasteiger partial charge on any atom is -0.354 e. The Kier molecular flexibility index (Phi) is 5.20. The number of fused-ring (bicyclic) bond motifs is 1. The van der Waals surface area contributed by atoms with Crippen LogP contribution in [0.15, 0.2) is 67.1 Å². The van der Waals surface area contributed by atoms with Crippen LogP contribution in [0.25, 0.3) is 16.6 Å². The van der Waals surface area contributed by atoms with Crippen LogP contribution in [-0.2, 0) is 0 Å². The predicted molar refractivity (Wildman–Crippen MR) is 116 cm³/mol. The van der Waals surface area contributed by atoms with Gasteiger partial charge < -0.3 is 10.2 Å². The largest absolute Gasteiger partial charge is 0.354 e. The lowest BCUT2D eigenvalue weighted by molar-refractivity contribution is 0.0956. The zero-order valence-corrected chi connectivity index (χ0v) is 17.1. The van der Waals surface area contributed by atoms with E-state index in [9.17, 15) is 9.59 Å². The van der Waals surface area contributed by atoms with E-state index in [0.717, 1.165) is 22.3 Å². The van der Waals surface area contributed by atoms with Crippen molar-refractivity contribution in [3.63, 3.8) is 0 Å². The highest BCUT2D eigenvalue weighted by molar-refractivity contribution is 6.30. The van der Waals surface area contributed by atoms with Gasteiger partial charge >= 0.3 is 0 Å². The van der Waals surface area contributed by atoms with Gasteiger partial charge in [-0.2, -0.15) is 5.10 Å². The van der Waals surface area contributed by atoms with E-state index in [2.05, 4.69) is 15.4 Å². The molecule has 0 aliphatic rings. The van der Waals surface area contributed by atoms with E-state index in [1.165, 1.54) is 0 Å².